The number of halogens is 2. The smallest absolute Gasteiger partial charge is 0.159 e. The zero-order chi connectivity index (χ0) is 15.8. The van der Waals surface area contributed by atoms with Crippen LogP contribution in [-0.2, 0) is 12.0 Å². The number of nitrogens with two attached hydrogens (primary N) is 1. The van der Waals surface area contributed by atoms with E-state index in [-0.39, 0.29) is 5.41 Å². The van der Waals surface area contributed by atoms with Gasteiger partial charge in [-0.15, -0.1) is 0 Å². The molecule has 1 aromatic heterocycles. The van der Waals surface area contributed by atoms with Crippen LogP contribution in [0, 0.1) is 11.6 Å². The summed E-state index contributed by atoms with van der Waals surface area (Å²) in [6.07, 6.45) is 0.918. The van der Waals surface area contributed by atoms with Crippen molar-refractivity contribution in [3.63, 3.8) is 0 Å². The minimum Gasteiger partial charge on any atom is -0.383 e. The summed E-state index contributed by atoms with van der Waals surface area (Å²) in [6, 6.07) is 3.73. The highest BCUT2D eigenvalue weighted by Gasteiger charge is 2.25. The first-order valence-electron chi connectivity index (χ1n) is 7.07. The Morgan fingerprint density at radius 3 is 2.38 bits per heavy atom. The molecular weight excluding hydrogens is 272 g/mol. The van der Waals surface area contributed by atoms with Crippen LogP contribution in [0.15, 0.2) is 18.2 Å². The van der Waals surface area contributed by atoms with Crippen molar-refractivity contribution in [1.29, 1.82) is 0 Å². The van der Waals surface area contributed by atoms with E-state index in [4.69, 9.17) is 5.73 Å². The van der Waals surface area contributed by atoms with Gasteiger partial charge in [-0.25, -0.2) is 13.8 Å². The average molecular weight is 293 g/mol. The van der Waals surface area contributed by atoms with Crippen LogP contribution in [-0.4, -0.2) is 9.55 Å². The number of hydrogen-bond donors (Lipinski definition) is 1. The van der Waals surface area contributed by atoms with Crippen molar-refractivity contribution >= 4 is 5.82 Å². The molecule has 1 aromatic carbocycles. The molecule has 0 radical (unpaired) electrons. The van der Waals surface area contributed by atoms with Crippen molar-refractivity contribution in [2.75, 3.05) is 5.73 Å². The predicted octanol–water partition coefficient (Wildman–Crippen LogP) is 4.12. The van der Waals surface area contributed by atoms with Crippen LogP contribution in [0.25, 0.3) is 11.3 Å². The van der Waals surface area contributed by atoms with Gasteiger partial charge < -0.3 is 10.3 Å². The van der Waals surface area contributed by atoms with Gasteiger partial charge in [-0.2, -0.15) is 0 Å². The Morgan fingerprint density at radius 1 is 1.19 bits per heavy atom. The summed E-state index contributed by atoms with van der Waals surface area (Å²) in [5, 5.41) is 0. The van der Waals surface area contributed by atoms with Gasteiger partial charge in [0.25, 0.3) is 0 Å². The van der Waals surface area contributed by atoms with Crippen LogP contribution >= 0.6 is 0 Å². The molecule has 1 heterocycles. The number of nitrogens with zero attached hydrogens (tertiary/aromatic N) is 2. The Hall–Kier alpha value is -1.91. The molecule has 5 heteroatoms. The Balaban J connectivity index is 2.61. The summed E-state index contributed by atoms with van der Waals surface area (Å²) >= 11 is 0. The third-order valence-corrected chi connectivity index (χ3v) is 3.32. The van der Waals surface area contributed by atoms with Gasteiger partial charge in [0.05, 0.1) is 0 Å². The fraction of sp³-hybridized carbons (Fsp3) is 0.438. The SMILES string of the molecule is CCCn1c(C(C)(C)C)nc(-c2ccc(F)c(F)c2)c1N. The molecule has 21 heavy (non-hydrogen) atoms. The maximum Gasteiger partial charge on any atom is 0.159 e. The molecule has 0 aliphatic rings. The molecule has 114 valence electrons. The quantitative estimate of drug-likeness (QED) is 0.925. The lowest BCUT2D eigenvalue weighted by Gasteiger charge is -2.19. The summed E-state index contributed by atoms with van der Waals surface area (Å²) in [7, 11) is 0. The van der Waals surface area contributed by atoms with E-state index >= 15 is 0 Å². The third-order valence-electron chi connectivity index (χ3n) is 3.32. The Labute approximate surface area is 123 Å². The van der Waals surface area contributed by atoms with E-state index in [1.807, 2.05) is 4.57 Å². The van der Waals surface area contributed by atoms with Crippen molar-refractivity contribution in [3.8, 4) is 11.3 Å². The third kappa shape index (κ3) is 2.91. The fourth-order valence-corrected chi connectivity index (χ4v) is 2.34. The number of anilines is 1. The van der Waals surface area contributed by atoms with Crippen molar-refractivity contribution in [1.82, 2.24) is 9.55 Å². The first-order valence-corrected chi connectivity index (χ1v) is 7.07. The van der Waals surface area contributed by atoms with Crippen LogP contribution in [0.5, 0.6) is 0 Å². The molecule has 2 N–H and O–H groups in total. The summed E-state index contributed by atoms with van der Waals surface area (Å²) in [6.45, 7) is 8.96. The van der Waals surface area contributed by atoms with Gasteiger partial charge in [-0.3, -0.25) is 0 Å². The average Bonchev–Trinajstić information content (AvgIpc) is 2.71. The molecule has 3 nitrogen and oxygen atoms in total. The van der Waals surface area contributed by atoms with Crippen molar-refractivity contribution < 1.29 is 8.78 Å². The number of rotatable bonds is 3. The lowest BCUT2D eigenvalue weighted by atomic mass is 9.95. The second-order valence-electron chi connectivity index (χ2n) is 6.20. The molecule has 0 unspecified atom stereocenters. The highest BCUT2D eigenvalue weighted by molar-refractivity contribution is 5.71. The molecule has 2 aromatic rings. The second-order valence-corrected chi connectivity index (χ2v) is 6.20. The molecule has 2 rings (SSSR count). The highest BCUT2D eigenvalue weighted by Crippen LogP contribution is 2.32. The van der Waals surface area contributed by atoms with E-state index in [2.05, 4.69) is 32.7 Å². The first-order chi connectivity index (χ1) is 9.75. The molecule has 0 saturated carbocycles. The molecule has 0 fully saturated rings. The first kappa shape index (κ1) is 15.5. The normalized spacial score (nSPS) is 11.9. The van der Waals surface area contributed by atoms with E-state index in [0.717, 1.165) is 30.9 Å². The maximum absolute atomic E-state index is 13.4. The predicted molar refractivity (Wildman–Crippen MR) is 81.0 cm³/mol. The zero-order valence-corrected chi connectivity index (χ0v) is 12.9. The molecule has 0 aliphatic carbocycles. The highest BCUT2D eigenvalue weighted by atomic mass is 19.2. The lowest BCUT2D eigenvalue weighted by molar-refractivity contribution is 0.498. The molecule has 0 amide bonds. The van der Waals surface area contributed by atoms with Crippen molar-refractivity contribution in [3.05, 3.63) is 35.7 Å². The maximum atomic E-state index is 13.4. The molecule has 0 atom stereocenters. The van der Waals surface area contributed by atoms with Crippen molar-refractivity contribution in [2.45, 2.75) is 46.1 Å². The van der Waals surface area contributed by atoms with Gasteiger partial charge >= 0.3 is 0 Å². The standard InChI is InChI=1S/C16H21F2N3/c1-5-8-21-14(19)13(20-15(21)16(2,3)4)10-6-7-11(17)12(18)9-10/h6-7,9H,5,8,19H2,1-4H3. The van der Waals surface area contributed by atoms with Crippen LogP contribution in [0.3, 0.4) is 0 Å². The lowest BCUT2D eigenvalue weighted by Crippen LogP contribution is -2.19. The number of benzene rings is 1. The van der Waals surface area contributed by atoms with Crippen LogP contribution in [0.1, 0.15) is 39.9 Å². The van der Waals surface area contributed by atoms with Gasteiger partial charge in [0.1, 0.15) is 17.3 Å². The van der Waals surface area contributed by atoms with Gasteiger partial charge in [0.15, 0.2) is 11.6 Å². The van der Waals surface area contributed by atoms with E-state index in [1.165, 1.54) is 6.07 Å². The summed E-state index contributed by atoms with van der Waals surface area (Å²) < 4.78 is 28.5. The van der Waals surface area contributed by atoms with Crippen LogP contribution in [0.2, 0.25) is 0 Å². The summed E-state index contributed by atoms with van der Waals surface area (Å²) in [5.74, 6) is -0.426. The molecule has 0 aliphatic heterocycles. The molecular formula is C16H21F2N3. The van der Waals surface area contributed by atoms with Gasteiger partial charge in [0, 0.05) is 17.5 Å². The Bertz CT molecular complexity index is 654. The number of nitrogen functional groups attached to an aromatic ring is 1. The Morgan fingerprint density at radius 2 is 1.86 bits per heavy atom. The largest absolute Gasteiger partial charge is 0.383 e. The molecule has 0 bridgehead atoms. The number of aromatic nitrogens is 2. The van der Waals surface area contributed by atoms with E-state index in [9.17, 15) is 8.78 Å². The van der Waals surface area contributed by atoms with Gasteiger partial charge in [-0.05, 0) is 24.6 Å². The summed E-state index contributed by atoms with van der Waals surface area (Å²) in [4.78, 5) is 4.59. The number of imidazole rings is 1. The number of hydrogen-bond acceptors (Lipinski definition) is 2. The van der Waals surface area contributed by atoms with Crippen molar-refractivity contribution in [2.24, 2.45) is 0 Å². The van der Waals surface area contributed by atoms with Gasteiger partial charge in [-0.1, -0.05) is 27.7 Å². The van der Waals surface area contributed by atoms with E-state index in [1.54, 1.807) is 0 Å². The molecule has 0 saturated heterocycles. The fourth-order valence-electron chi connectivity index (χ4n) is 2.34. The topological polar surface area (TPSA) is 43.8 Å². The van der Waals surface area contributed by atoms with Gasteiger partial charge in [0.2, 0.25) is 0 Å². The summed E-state index contributed by atoms with van der Waals surface area (Å²) in [5.41, 5.74) is 7.01. The monoisotopic (exact) mass is 293 g/mol. The minimum absolute atomic E-state index is 0.180. The van der Waals surface area contributed by atoms with E-state index < -0.39 is 11.6 Å². The van der Waals surface area contributed by atoms with Crippen LogP contribution < -0.4 is 5.73 Å². The zero-order valence-electron chi connectivity index (χ0n) is 12.9. The Kier molecular flexibility index (Phi) is 4.03. The minimum atomic E-state index is -0.894. The second kappa shape index (κ2) is 5.47. The molecule has 0 spiro atoms. The van der Waals surface area contributed by atoms with E-state index in [0.29, 0.717) is 17.1 Å². The van der Waals surface area contributed by atoms with Crippen LogP contribution in [0.4, 0.5) is 14.6 Å².